The summed E-state index contributed by atoms with van der Waals surface area (Å²) in [6.07, 6.45) is 5.89. The Morgan fingerprint density at radius 2 is 1.89 bits per heavy atom. The fraction of sp³-hybridized carbons (Fsp3) is 0.524. The molecule has 1 fully saturated rings. The number of rotatable bonds is 6. The molecule has 2 aliphatic rings. The van der Waals surface area contributed by atoms with Crippen molar-refractivity contribution in [1.82, 2.24) is 20.7 Å². The molecule has 0 radical (unpaired) electrons. The number of hydrazine groups is 1. The fourth-order valence-electron chi connectivity index (χ4n) is 3.92. The first-order chi connectivity index (χ1) is 13.0. The first-order valence-corrected chi connectivity index (χ1v) is 9.89. The predicted molar refractivity (Wildman–Crippen MR) is 106 cm³/mol. The van der Waals surface area contributed by atoms with E-state index in [4.69, 9.17) is 0 Å². The largest absolute Gasteiger partial charge is 0.353 e. The van der Waals surface area contributed by atoms with Crippen LogP contribution in [0.3, 0.4) is 0 Å². The van der Waals surface area contributed by atoms with E-state index in [-0.39, 0.29) is 18.4 Å². The van der Waals surface area contributed by atoms with Gasteiger partial charge in [0.2, 0.25) is 11.8 Å². The van der Waals surface area contributed by atoms with Crippen LogP contribution in [-0.2, 0) is 9.59 Å². The van der Waals surface area contributed by atoms with Gasteiger partial charge in [-0.25, -0.2) is 5.01 Å². The molecule has 146 valence electrons. The summed E-state index contributed by atoms with van der Waals surface area (Å²) in [5.41, 5.74) is 4.94. The highest BCUT2D eigenvalue weighted by molar-refractivity contribution is 5.88. The minimum Gasteiger partial charge on any atom is -0.353 e. The SMILES string of the molecule is CC1CCCC(C)N1CCNC(=O)CN1NC(c2ccccc2)=CCC1=O. The number of hydrogen-bond donors (Lipinski definition) is 2. The molecule has 6 nitrogen and oxygen atoms in total. The molecule has 1 aromatic rings. The van der Waals surface area contributed by atoms with Crippen LogP contribution in [0.2, 0.25) is 0 Å². The van der Waals surface area contributed by atoms with Crippen molar-refractivity contribution in [1.29, 1.82) is 0 Å². The number of piperidine rings is 1. The van der Waals surface area contributed by atoms with Crippen LogP contribution < -0.4 is 10.7 Å². The highest BCUT2D eigenvalue weighted by atomic mass is 16.2. The molecule has 1 saturated heterocycles. The molecule has 6 heteroatoms. The monoisotopic (exact) mass is 370 g/mol. The van der Waals surface area contributed by atoms with Gasteiger partial charge >= 0.3 is 0 Å². The van der Waals surface area contributed by atoms with E-state index in [0.717, 1.165) is 17.8 Å². The summed E-state index contributed by atoms with van der Waals surface area (Å²) in [5.74, 6) is -0.231. The van der Waals surface area contributed by atoms with Gasteiger partial charge in [-0.15, -0.1) is 0 Å². The molecule has 2 unspecified atom stereocenters. The molecule has 27 heavy (non-hydrogen) atoms. The Hall–Kier alpha value is -2.34. The van der Waals surface area contributed by atoms with Crippen molar-refractivity contribution in [3.05, 3.63) is 42.0 Å². The lowest BCUT2D eigenvalue weighted by Crippen LogP contribution is -2.51. The minimum absolute atomic E-state index is 0.0219. The second kappa shape index (κ2) is 9.04. The molecule has 3 rings (SSSR count). The second-order valence-corrected chi connectivity index (χ2v) is 7.50. The number of hydrogen-bond acceptors (Lipinski definition) is 4. The van der Waals surface area contributed by atoms with Crippen molar-refractivity contribution in [2.75, 3.05) is 19.6 Å². The predicted octanol–water partition coefficient (Wildman–Crippen LogP) is 2.14. The maximum atomic E-state index is 12.3. The Balaban J connectivity index is 1.47. The van der Waals surface area contributed by atoms with Crippen LogP contribution in [0.5, 0.6) is 0 Å². The van der Waals surface area contributed by atoms with Gasteiger partial charge in [0.25, 0.3) is 0 Å². The van der Waals surface area contributed by atoms with E-state index in [9.17, 15) is 9.59 Å². The average Bonchev–Trinajstić information content (AvgIpc) is 2.66. The molecular formula is C21H30N4O2. The van der Waals surface area contributed by atoms with Gasteiger partial charge in [0, 0.05) is 31.6 Å². The molecule has 1 aromatic carbocycles. The van der Waals surface area contributed by atoms with Crippen molar-refractivity contribution in [3.8, 4) is 0 Å². The van der Waals surface area contributed by atoms with Crippen molar-refractivity contribution >= 4 is 17.5 Å². The number of nitrogens with one attached hydrogen (secondary N) is 2. The third kappa shape index (κ3) is 5.10. The quantitative estimate of drug-likeness (QED) is 0.805. The standard InChI is InChI=1S/C21H30N4O2/c1-16-7-6-8-17(2)24(16)14-13-22-20(26)15-25-21(27)12-11-19(23-25)18-9-4-3-5-10-18/h3-5,9-11,16-17,23H,6-8,12-15H2,1-2H3,(H,22,26). The molecule has 2 atom stereocenters. The lowest BCUT2D eigenvalue weighted by atomic mass is 9.98. The lowest BCUT2D eigenvalue weighted by molar-refractivity contribution is -0.137. The van der Waals surface area contributed by atoms with Crippen LogP contribution in [0, 0.1) is 0 Å². The van der Waals surface area contributed by atoms with Crippen LogP contribution in [0.4, 0.5) is 0 Å². The molecule has 2 heterocycles. The maximum Gasteiger partial charge on any atom is 0.245 e. The van der Waals surface area contributed by atoms with Crippen LogP contribution in [0.1, 0.15) is 45.1 Å². The van der Waals surface area contributed by atoms with E-state index in [1.807, 2.05) is 36.4 Å². The molecule has 0 aliphatic carbocycles. The second-order valence-electron chi connectivity index (χ2n) is 7.50. The third-order valence-corrected chi connectivity index (χ3v) is 5.49. The summed E-state index contributed by atoms with van der Waals surface area (Å²) in [7, 11) is 0. The Morgan fingerprint density at radius 3 is 2.59 bits per heavy atom. The van der Waals surface area contributed by atoms with Gasteiger partial charge in [0.05, 0.1) is 5.70 Å². The van der Waals surface area contributed by atoms with Gasteiger partial charge in [0.1, 0.15) is 6.54 Å². The number of nitrogens with zero attached hydrogens (tertiary/aromatic N) is 2. The maximum absolute atomic E-state index is 12.3. The Kier molecular flexibility index (Phi) is 6.50. The van der Waals surface area contributed by atoms with Crippen LogP contribution in [0.25, 0.3) is 5.70 Å². The Morgan fingerprint density at radius 1 is 1.19 bits per heavy atom. The highest BCUT2D eigenvalue weighted by Crippen LogP contribution is 2.21. The van der Waals surface area contributed by atoms with Gasteiger partial charge in [-0.3, -0.25) is 19.9 Å². The van der Waals surface area contributed by atoms with Crippen molar-refractivity contribution < 1.29 is 9.59 Å². The Bertz CT molecular complexity index is 679. The van der Waals surface area contributed by atoms with Crippen molar-refractivity contribution in [2.45, 2.75) is 51.6 Å². The molecule has 2 aliphatic heterocycles. The summed E-state index contributed by atoms with van der Waals surface area (Å²) in [6, 6.07) is 10.9. The van der Waals surface area contributed by atoms with Crippen molar-refractivity contribution in [3.63, 3.8) is 0 Å². The van der Waals surface area contributed by atoms with Gasteiger partial charge in [0.15, 0.2) is 0 Å². The van der Waals surface area contributed by atoms with Gasteiger partial charge in [-0.05, 0) is 38.3 Å². The van der Waals surface area contributed by atoms with E-state index in [0.29, 0.717) is 25.0 Å². The highest BCUT2D eigenvalue weighted by Gasteiger charge is 2.25. The first kappa shape index (κ1) is 19.4. The molecule has 0 bridgehead atoms. The van der Waals surface area contributed by atoms with E-state index in [1.165, 1.54) is 24.3 Å². The fourth-order valence-corrected chi connectivity index (χ4v) is 3.92. The van der Waals surface area contributed by atoms with E-state index in [2.05, 4.69) is 29.5 Å². The zero-order valence-electron chi connectivity index (χ0n) is 16.3. The molecule has 0 aromatic heterocycles. The molecule has 0 spiro atoms. The number of likely N-dealkylation sites (tertiary alicyclic amines) is 1. The lowest BCUT2D eigenvalue weighted by Gasteiger charge is -2.39. The van der Waals surface area contributed by atoms with E-state index in [1.54, 1.807) is 0 Å². The van der Waals surface area contributed by atoms with Crippen LogP contribution in [0.15, 0.2) is 36.4 Å². The van der Waals surface area contributed by atoms with Gasteiger partial charge < -0.3 is 5.32 Å². The summed E-state index contributed by atoms with van der Waals surface area (Å²) in [6.45, 7) is 5.99. The molecular weight excluding hydrogens is 340 g/mol. The molecule has 0 saturated carbocycles. The van der Waals surface area contributed by atoms with Crippen molar-refractivity contribution in [2.24, 2.45) is 0 Å². The normalized spacial score (nSPS) is 23.6. The first-order valence-electron chi connectivity index (χ1n) is 9.89. The minimum atomic E-state index is -0.137. The topological polar surface area (TPSA) is 64.7 Å². The number of benzene rings is 1. The summed E-state index contributed by atoms with van der Waals surface area (Å²) in [5, 5.41) is 4.37. The number of carbonyl (C=O) groups is 2. The molecule has 2 N–H and O–H groups in total. The molecule has 2 amide bonds. The van der Waals surface area contributed by atoms with E-state index < -0.39 is 0 Å². The van der Waals surface area contributed by atoms with E-state index >= 15 is 0 Å². The number of amides is 2. The van der Waals surface area contributed by atoms with Gasteiger partial charge in [-0.2, -0.15) is 0 Å². The summed E-state index contributed by atoms with van der Waals surface area (Å²) in [4.78, 5) is 26.9. The average molecular weight is 370 g/mol. The smallest absolute Gasteiger partial charge is 0.245 e. The van der Waals surface area contributed by atoms with Crippen LogP contribution in [-0.4, -0.2) is 53.4 Å². The van der Waals surface area contributed by atoms with Crippen LogP contribution >= 0.6 is 0 Å². The Labute approximate surface area is 161 Å². The summed E-state index contributed by atoms with van der Waals surface area (Å²) < 4.78 is 0. The zero-order chi connectivity index (χ0) is 19.2. The summed E-state index contributed by atoms with van der Waals surface area (Å²) >= 11 is 0. The zero-order valence-corrected chi connectivity index (χ0v) is 16.3. The van der Waals surface area contributed by atoms with Gasteiger partial charge in [-0.1, -0.05) is 36.8 Å². The number of carbonyl (C=O) groups excluding carboxylic acids is 2. The third-order valence-electron chi connectivity index (χ3n) is 5.49.